The number of ether oxygens (including phenoxy) is 2. The molecule has 0 radical (unpaired) electrons. The van der Waals surface area contributed by atoms with E-state index in [2.05, 4.69) is 5.32 Å². The average molecular weight is 286 g/mol. The second-order valence-corrected chi connectivity index (χ2v) is 6.40. The summed E-state index contributed by atoms with van der Waals surface area (Å²) in [5.74, 6) is 0. The lowest BCUT2D eigenvalue weighted by Crippen LogP contribution is -2.46. The van der Waals surface area contributed by atoms with E-state index >= 15 is 0 Å². The lowest BCUT2D eigenvalue weighted by atomic mass is 10.1. The molecular weight excluding hydrogens is 256 g/mol. The molecule has 5 nitrogen and oxygen atoms in total. The van der Waals surface area contributed by atoms with Gasteiger partial charge in [0.15, 0.2) is 0 Å². The molecule has 0 spiro atoms. The second-order valence-electron chi connectivity index (χ2n) is 6.40. The molecule has 0 aliphatic carbocycles. The molecule has 0 aromatic rings. The molecule has 1 rings (SSSR count). The Hall–Kier alpha value is -0.810. The Morgan fingerprint density at radius 2 is 1.90 bits per heavy atom. The molecule has 0 aromatic heterocycles. The summed E-state index contributed by atoms with van der Waals surface area (Å²) in [5, 5.41) is 3.55. The van der Waals surface area contributed by atoms with Gasteiger partial charge in [-0.15, -0.1) is 0 Å². The lowest BCUT2D eigenvalue weighted by molar-refractivity contribution is 0.0198. The van der Waals surface area contributed by atoms with Crippen molar-refractivity contribution in [1.82, 2.24) is 10.2 Å². The van der Waals surface area contributed by atoms with Gasteiger partial charge in [0.25, 0.3) is 0 Å². The van der Waals surface area contributed by atoms with Gasteiger partial charge in [-0.2, -0.15) is 0 Å². The zero-order valence-electron chi connectivity index (χ0n) is 13.4. The third-order valence-corrected chi connectivity index (χ3v) is 3.35. The molecule has 20 heavy (non-hydrogen) atoms. The molecule has 1 fully saturated rings. The molecule has 1 amide bonds. The van der Waals surface area contributed by atoms with E-state index in [0.717, 1.165) is 51.9 Å². The van der Waals surface area contributed by atoms with Crippen LogP contribution in [0, 0.1) is 0 Å². The summed E-state index contributed by atoms with van der Waals surface area (Å²) in [6, 6.07) is 0.524. The lowest BCUT2D eigenvalue weighted by Gasteiger charge is -2.33. The molecular formula is C15H30N2O3. The number of methoxy groups -OCH3 is 1. The Labute approximate surface area is 123 Å². The maximum absolute atomic E-state index is 11.9. The van der Waals surface area contributed by atoms with Crippen molar-refractivity contribution >= 4 is 6.09 Å². The molecule has 0 saturated carbocycles. The predicted molar refractivity (Wildman–Crippen MR) is 79.9 cm³/mol. The molecule has 1 heterocycles. The van der Waals surface area contributed by atoms with Gasteiger partial charge in [-0.3, -0.25) is 0 Å². The highest BCUT2D eigenvalue weighted by Gasteiger charge is 2.26. The number of amides is 1. The standard InChI is InChI=1S/C15H30N2O3/c1-15(2,3)20-14(18)17-10-7-13(8-11-17)16-9-5-6-12-19-4/h13,16H,5-12H2,1-4H3. The van der Waals surface area contributed by atoms with Gasteiger partial charge in [0.1, 0.15) is 5.60 Å². The van der Waals surface area contributed by atoms with Crippen LogP contribution in [-0.4, -0.2) is 56.0 Å². The van der Waals surface area contributed by atoms with E-state index in [1.807, 2.05) is 25.7 Å². The normalized spacial score (nSPS) is 17.3. The van der Waals surface area contributed by atoms with Crippen LogP contribution in [0.5, 0.6) is 0 Å². The van der Waals surface area contributed by atoms with E-state index in [1.54, 1.807) is 7.11 Å². The van der Waals surface area contributed by atoms with E-state index < -0.39 is 5.60 Å². The fraction of sp³-hybridized carbons (Fsp3) is 0.933. The first-order valence-electron chi connectivity index (χ1n) is 7.62. The highest BCUT2D eigenvalue weighted by Crippen LogP contribution is 2.15. The number of nitrogens with one attached hydrogen (secondary N) is 1. The van der Waals surface area contributed by atoms with Crippen LogP contribution < -0.4 is 5.32 Å². The number of carbonyl (C=O) groups is 1. The first-order chi connectivity index (χ1) is 9.42. The number of piperidine rings is 1. The maximum Gasteiger partial charge on any atom is 0.410 e. The van der Waals surface area contributed by atoms with Crippen LogP contribution in [0.1, 0.15) is 46.5 Å². The number of hydrogen-bond acceptors (Lipinski definition) is 4. The van der Waals surface area contributed by atoms with Crippen LogP contribution >= 0.6 is 0 Å². The maximum atomic E-state index is 11.9. The van der Waals surface area contributed by atoms with E-state index in [0.29, 0.717) is 6.04 Å². The topological polar surface area (TPSA) is 50.8 Å². The van der Waals surface area contributed by atoms with Gasteiger partial charge in [-0.1, -0.05) is 0 Å². The quantitative estimate of drug-likeness (QED) is 0.762. The number of carbonyl (C=O) groups excluding carboxylic acids is 1. The average Bonchev–Trinajstić information content (AvgIpc) is 2.37. The van der Waals surface area contributed by atoms with Crippen molar-refractivity contribution in [2.75, 3.05) is 33.4 Å². The largest absolute Gasteiger partial charge is 0.444 e. The van der Waals surface area contributed by atoms with Crippen molar-refractivity contribution in [3.63, 3.8) is 0 Å². The van der Waals surface area contributed by atoms with Gasteiger partial charge < -0.3 is 19.7 Å². The third kappa shape index (κ3) is 7.10. The number of hydrogen-bond donors (Lipinski definition) is 1. The summed E-state index contributed by atoms with van der Waals surface area (Å²) in [7, 11) is 1.74. The van der Waals surface area contributed by atoms with Crippen LogP contribution in [0.15, 0.2) is 0 Å². The molecule has 5 heteroatoms. The van der Waals surface area contributed by atoms with E-state index in [9.17, 15) is 4.79 Å². The molecule has 0 bridgehead atoms. The zero-order valence-corrected chi connectivity index (χ0v) is 13.4. The molecule has 0 atom stereocenters. The summed E-state index contributed by atoms with van der Waals surface area (Å²) in [5.41, 5.74) is -0.409. The van der Waals surface area contributed by atoms with Crippen LogP contribution in [0.25, 0.3) is 0 Å². The molecule has 1 N–H and O–H groups in total. The van der Waals surface area contributed by atoms with Gasteiger partial charge in [-0.25, -0.2) is 4.79 Å². The molecule has 0 unspecified atom stereocenters. The summed E-state index contributed by atoms with van der Waals surface area (Å²) >= 11 is 0. The number of unbranched alkanes of at least 4 members (excludes halogenated alkanes) is 1. The predicted octanol–water partition coefficient (Wildman–Crippen LogP) is 2.40. The van der Waals surface area contributed by atoms with Gasteiger partial charge in [0, 0.05) is 32.8 Å². The second kappa shape index (κ2) is 8.47. The minimum atomic E-state index is -0.409. The van der Waals surface area contributed by atoms with Crippen molar-refractivity contribution < 1.29 is 14.3 Å². The van der Waals surface area contributed by atoms with Crippen LogP contribution in [-0.2, 0) is 9.47 Å². The van der Waals surface area contributed by atoms with E-state index in [-0.39, 0.29) is 6.09 Å². The van der Waals surface area contributed by atoms with Gasteiger partial charge in [-0.05, 0) is 53.0 Å². The van der Waals surface area contributed by atoms with Crippen molar-refractivity contribution in [3.05, 3.63) is 0 Å². The number of nitrogens with zero attached hydrogens (tertiary/aromatic N) is 1. The Bertz CT molecular complexity index is 281. The Morgan fingerprint density at radius 3 is 2.45 bits per heavy atom. The molecule has 1 saturated heterocycles. The first-order valence-corrected chi connectivity index (χ1v) is 7.62. The zero-order chi connectivity index (χ0) is 15.0. The molecule has 118 valence electrons. The number of likely N-dealkylation sites (tertiary alicyclic amines) is 1. The van der Waals surface area contributed by atoms with Gasteiger partial charge in [0.2, 0.25) is 0 Å². The highest BCUT2D eigenvalue weighted by molar-refractivity contribution is 5.68. The van der Waals surface area contributed by atoms with Crippen molar-refractivity contribution in [2.45, 2.75) is 58.1 Å². The van der Waals surface area contributed by atoms with Crippen LogP contribution in [0.3, 0.4) is 0 Å². The molecule has 0 aromatic carbocycles. The van der Waals surface area contributed by atoms with Crippen LogP contribution in [0.4, 0.5) is 4.79 Å². The highest BCUT2D eigenvalue weighted by atomic mass is 16.6. The Morgan fingerprint density at radius 1 is 1.25 bits per heavy atom. The van der Waals surface area contributed by atoms with Crippen molar-refractivity contribution in [1.29, 1.82) is 0 Å². The third-order valence-electron chi connectivity index (χ3n) is 3.35. The van der Waals surface area contributed by atoms with Gasteiger partial charge in [0.05, 0.1) is 0 Å². The van der Waals surface area contributed by atoms with Crippen molar-refractivity contribution in [2.24, 2.45) is 0 Å². The molecule has 1 aliphatic heterocycles. The summed E-state index contributed by atoms with van der Waals surface area (Å²) in [4.78, 5) is 13.7. The SMILES string of the molecule is COCCCCNC1CCN(C(=O)OC(C)(C)C)CC1. The van der Waals surface area contributed by atoms with E-state index in [4.69, 9.17) is 9.47 Å². The first kappa shape index (κ1) is 17.2. The molecule has 1 aliphatic rings. The Kier molecular flexibility index (Phi) is 7.30. The van der Waals surface area contributed by atoms with E-state index in [1.165, 1.54) is 0 Å². The minimum Gasteiger partial charge on any atom is -0.444 e. The Balaban J connectivity index is 2.15. The summed E-state index contributed by atoms with van der Waals surface area (Å²) in [6.45, 7) is 9.13. The minimum absolute atomic E-state index is 0.184. The fourth-order valence-corrected chi connectivity index (χ4v) is 2.27. The fourth-order valence-electron chi connectivity index (χ4n) is 2.27. The smallest absolute Gasteiger partial charge is 0.410 e. The van der Waals surface area contributed by atoms with Gasteiger partial charge >= 0.3 is 6.09 Å². The summed E-state index contributed by atoms with van der Waals surface area (Å²) < 4.78 is 10.4. The summed E-state index contributed by atoms with van der Waals surface area (Å²) in [6.07, 6.45) is 4.06. The monoisotopic (exact) mass is 286 g/mol. The number of rotatable bonds is 6. The van der Waals surface area contributed by atoms with Crippen LogP contribution in [0.2, 0.25) is 0 Å². The van der Waals surface area contributed by atoms with Crippen molar-refractivity contribution in [3.8, 4) is 0 Å².